The molecule has 0 aromatic heterocycles. The van der Waals surface area contributed by atoms with E-state index >= 15 is 0 Å². The smallest absolute Gasteiger partial charge is 0.133 e. The van der Waals surface area contributed by atoms with Crippen LogP contribution in [0, 0.1) is 17.1 Å². The molecule has 0 atom stereocenters. The van der Waals surface area contributed by atoms with Gasteiger partial charge in [-0.2, -0.15) is 5.26 Å². The second kappa shape index (κ2) is 2.36. The van der Waals surface area contributed by atoms with Crippen LogP contribution < -0.4 is 0 Å². The van der Waals surface area contributed by atoms with Crippen LogP contribution in [-0.2, 0) is 0 Å². The highest BCUT2D eigenvalue weighted by molar-refractivity contribution is 5.41. The van der Waals surface area contributed by atoms with Gasteiger partial charge < -0.3 is 5.11 Å². The van der Waals surface area contributed by atoms with Gasteiger partial charge in [-0.3, -0.25) is 0 Å². The molecule has 0 unspecified atom stereocenters. The predicted molar refractivity (Wildman–Crippen MR) is 32.8 cm³/mol. The first-order chi connectivity index (χ1) is 4.74. The Morgan fingerprint density at radius 3 is 2.70 bits per heavy atom. The van der Waals surface area contributed by atoms with Gasteiger partial charge in [0, 0.05) is 0 Å². The normalized spacial score (nSPS) is 8.80. The zero-order valence-electron chi connectivity index (χ0n) is 5.00. The number of nitriles is 1. The van der Waals surface area contributed by atoms with Crippen LogP contribution in [0.25, 0.3) is 0 Å². The maximum absolute atomic E-state index is 12.3. The lowest BCUT2D eigenvalue weighted by atomic mass is 10.2. The van der Waals surface area contributed by atoms with Gasteiger partial charge in [0.15, 0.2) is 0 Å². The summed E-state index contributed by atoms with van der Waals surface area (Å²) in [5.41, 5.74) is -0.0417. The van der Waals surface area contributed by atoms with E-state index in [0.717, 1.165) is 18.2 Å². The number of benzene rings is 1. The molecule has 2 nitrogen and oxygen atoms in total. The van der Waals surface area contributed by atoms with Crippen molar-refractivity contribution in [2.75, 3.05) is 0 Å². The summed E-state index contributed by atoms with van der Waals surface area (Å²) >= 11 is 0. The van der Waals surface area contributed by atoms with E-state index in [9.17, 15) is 4.39 Å². The van der Waals surface area contributed by atoms with Crippen molar-refractivity contribution < 1.29 is 9.50 Å². The average Bonchev–Trinajstić information content (AvgIpc) is 1.94. The third-order valence-corrected chi connectivity index (χ3v) is 1.08. The van der Waals surface area contributed by atoms with Gasteiger partial charge in [0.2, 0.25) is 0 Å². The van der Waals surface area contributed by atoms with Gasteiger partial charge >= 0.3 is 0 Å². The van der Waals surface area contributed by atoms with Gasteiger partial charge in [0.05, 0.1) is 5.56 Å². The molecule has 0 aliphatic carbocycles. The molecule has 50 valence electrons. The Kier molecular flexibility index (Phi) is 1.55. The van der Waals surface area contributed by atoms with Gasteiger partial charge in [-0.05, 0) is 18.2 Å². The summed E-state index contributed by atoms with van der Waals surface area (Å²) in [5, 5.41) is 17.1. The fraction of sp³-hybridized carbons (Fsp3) is 0. The van der Waals surface area contributed by atoms with Crippen molar-refractivity contribution in [3.05, 3.63) is 29.6 Å². The number of hydrogen-bond acceptors (Lipinski definition) is 2. The highest BCUT2D eigenvalue weighted by atomic mass is 19.1. The molecule has 0 amide bonds. The number of phenols is 1. The second-order valence-corrected chi connectivity index (χ2v) is 1.77. The lowest BCUT2D eigenvalue weighted by molar-refractivity contribution is 0.471. The van der Waals surface area contributed by atoms with E-state index in [1.54, 1.807) is 6.07 Å². The average molecular weight is 137 g/mol. The molecule has 0 bridgehead atoms. The van der Waals surface area contributed by atoms with Crippen LogP contribution in [-0.4, -0.2) is 5.11 Å². The molecule has 0 saturated carbocycles. The Labute approximate surface area is 57.1 Å². The zero-order chi connectivity index (χ0) is 7.56. The van der Waals surface area contributed by atoms with E-state index < -0.39 is 5.82 Å². The first-order valence-electron chi connectivity index (χ1n) is 2.62. The molecule has 0 saturated heterocycles. The number of rotatable bonds is 0. The molecule has 0 heterocycles. The Bertz CT molecular complexity index is 290. The quantitative estimate of drug-likeness (QED) is 0.587. The summed E-state index contributed by atoms with van der Waals surface area (Å²) in [4.78, 5) is 0. The molecule has 0 radical (unpaired) electrons. The molecule has 0 aliphatic rings. The van der Waals surface area contributed by atoms with Crippen LogP contribution in [0.2, 0.25) is 0 Å². The summed E-state index contributed by atoms with van der Waals surface area (Å²) in [5.74, 6) is -0.710. The summed E-state index contributed by atoms with van der Waals surface area (Å²) in [7, 11) is 0. The van der Waals surface area contributed by atoms with Crippen LogP contribution in [0.3, 0.4) is 0 Å². The number of aromatic hydroxyl groups is 1. The van der Waals surface area contributed by atoms with Gasteiger partial charge in [-0.25, -0.2) is 4.39 Å². The molecule has 1 rings (SSSR count). The number of nitrogens with zero attached hydrogens (tertiary/aromatic N) is 1. The van der Waals surface area contributed by atoms with Crippen molar-refractivity contribution in [2.24, 2.45) is 0 Å². The van der Waals surface area contributed by atoms with E-state index in [1.165, 1.54) is 0 Å². The van der Waals surface area contributed by atoms with Gasteiger partial charge in [0.1, 0.15) is 17.6 Å². The van der Waals surface area contributed by atoms with Crippen LogP contribution in [0.5, 0.6) is 5.75 Å². The van der Waals surface area contributed by atoms with Crippen molar-refractivity contribution >= 4 is 0 Å². The number of phenolic OH excluding ortho intramolecular Hbond substituents is 1. The molecular weight excluding hydrogens is 133 g/mol. The minimum atomic E-state index is -0.519. The monoisotopic (exact) mass is 137 g/mol. The maximum atomic E-state index is 12.3. The van der Waals surface area contributed by atoms with Crippen molar-refractivity contribution in [1.29, 1.82) is 5.26 Å². The van der Waals surface area contributed by atoms with Gasteiger partial charge in [0.25, 0.3) is 0 Å². The lowest BCUT2D eigenvalue weighted by Crippen LogP contribution is -1.78. The van der Waals surface area contributed by atoms with Crippen molar-refractivity contribution in [3.63, 3.8) is 0 Å². The Morgan fingerprint density at radius 2 is 2.20 bits per heavy atom. The summed E-state index contributed by atoms with van der Waals surface area (Å²) in [6, 6.07) is 4.87. The minimum absolute atomic E-state index is 0.0417. The highest BCUT2D eigenvalue weighted by Gasteiger charge is 1.99. The van der Waals surface area contributed by atoms with Crippen LogP contribution in [0.1, 0.15) is 5.56 Å². The predicted octanol–water partition coefficient (Wildman–Crippen LogP) is 1.40. The van der Waals surface area contributed by atoms with Gasteiger partial charge in [-0.15, -0.1) is 0 Å². The van der Waals surface area contributed by atoms with Crippen LogP contribution in [0.15, 0.2) is 18.2 Å². The molecule has 1 aromatic rings. The van der Waals surface area contributed by atoms with Crippen molar-refractivity contribution in [3.8, 4) is 11.8 Å². The molecule has 0 fully saturated rings. The third-order valence-electron chi connectivity index (χ3n) is 1.08. The maximum Gasteiger partial charge on any atom is 0.133 e. The molecule has 0 spiro atoms. The first kappa shape index (κ1) is 6.56. The first-order valence-corrected chi connectivity index (χ1v) is 2.62. The van der Waals surface area contributed by atoms with E-state index in [4.69, 9.17) is 10.4 Å². The SMILES string of the molecule is N#Cc1cc(F)ccc1O. The molecule has 3 heteroatoms. The summed E-state index contributed by atoms with van der Waals surface area (Å²) < 4.78 is 12.3. The largest absolute Gasteiger partial charge is 0.507 e. The highest BCUT2D eigenvalue weighted by Crippen LogP contribution is 2.15. The number of hydrogen-bond donors (Lipinski definition) is 1. The van der Waals surface area contributed by atoms with E-state index in [1.807, 2.05) is 0 Å². The van der Waals surface area contributed by atoms with E-state index in [-0.39, 0.29) is 11.3 Å². The zero-order valence-corrected chi connectivity index (χ0v) is 5.00. The van der Waals surface area contributed by atoms with Crippen LogP contribution >= 0.6 is 0 Å². The standard InChI is InChI=1S/C7H4FNO/c8-6-1-2-7(10)5(3-6)4-9/h1-3,10H. The van der Waals surface area contributed by atoms with Crippen molar-refractivity contribution in [2.45, 2.75) is 0 Å². The molecular formula is C7H4FNO. The Balaban J connectivity index is 3.25. The lowest BCUT2D eigenvalue weighted by Gasteiger charge is -1.92. The second-order valence-electron chi connectivity index (χ2n) is 1.77. The summed E-state index contributed by atoms with van der Waals surface area (Å²) in [6.45, 7) is 0. The molecule has 0 aliphatic heterocycles. The van der Waals surface area contributed by atoms with Crippen molar-refractivity contribution in [1.82, 2.24) is 0 Å². The molecule has 1 aromatic carbocycles. The van der Waals surface area contributed by atoms with Crippen LogP contribution in [0.4, 0.5) is 4.39 Å². The van der Waals surface area contributed by atoms with Gasteiger partial charge in [-0.1, -0.05) is 0 Å². The minimum Gasteiger partial charge on any atom is -0.507 e. The Hall–Kier alpha value is -1.56. The summed E-state index contributed by atoms with van der Waals surface area (Å²) in [6.07, 6.45) is 0. The topological polar surface area (TPSA) is 44.0 Å². The van der Waals surface area contributed by atoms with E-state index in [2.05, 4.69) is 0 Å². The molecule has 10 heavy (non-hydrogen) atoms. The molecule has 1 N–H and O–H groups in total. The fourth-order valence-corrected chi connectivity index (χ4v) is 0.598. The van der Waals surface area contributed by atoms with E-state index in [0.29, 0.717) is 0 Å². The number of halogens is 1. The Morgan fingerprint density at radius 1 is 1.50 bits per heavy atom. The fourth-order valence-electron chi connectivity index (χ4n) is 0.598. The third kappa shape index (κ3) is 1.06.